The summed E-state index contributed by atoms with van der Waals surface area (Å²) in [4.78, 5) is 0. The summed E-state index contributed by atoms with van der Waals surface area (Å²) in [6.07, 6.45) is -1.28. The van der Waals surface area contributed by atoms with Gasteiger partial charge in [-0.25, -0.2) is 0 Å². The average Bonchev–Trinajstić information content (AvgIpc) is 2.08. The highest BCUT2D eigenvalue weighted by Crippen LogP contribution is 2.11. The van der Waals surface area contributed by atoms with Crippen LogP contribution in [-0.2, 0) is 6.42 Å². The van der Waals surface area contributed by atoms with E-state index in [0.717, 1.165) is 0 Å². The van der Waals surface area contributed by atoms with E-state index < -0.39 is 6.23 Å². The van der Waals surface area contributed by atoms with E-state index in [1.54, 1.807) is 12.1 Å². The van der Waals surface area contributed by atoms with Gasteiger partial charge < -0.3 is 10.2 Å². The highest BCUT2D eigenvalue weighted by atomic mass is 16.8. The fraction of sp³-hybridized carbons (Fsp3) is 0.250. The van der Waals surface area contributed by atoms with Crippen LogP contribution in [0, 0.1) is 0 Å². The Kier molecular flexibility index (Phi) is 3.21. The number of hydroxylamine groups is 2. The van der Waals surface area contributed by atoms with Gasteiger partial charge >= 0.3 is 0 Å². The Labute approximate surface area is 75.0 Å². The summed E-state index contributed by atoms with van der Waals surface area (Å²) >= 11 is 0. The average molecular weight is 185 g/mol. The molecule has 0 spiro atoms. The molecule has 0 bridgehead atoms. The van der Waals surface area contributed by atoms with Crippen LogP contribution < -0.4 is 0 Å². The van der Waals surface area contributed by atoms with Crippen molar-refractivity contribution in [1.29, 1.82) is 0 Å². The Morgan fingerprint density at radius 2 is 1.69 bits per heavy atom. The number of phenolic OH excluding ortho intramolecular Hbond substituents is 1. The minimum Gasteiger partial charge on any atom is -0.508 e. The number of aromatic hydroxyl groups is 1. The standard InChI is InChI=1S/C8H11NO4/c10-7-3-1-6(2-4-7)5-8(11)9(12)13/h1-4,8,10-13H,5H2. The van der Waals surface area contributed by atoms with Crippen molar-refractivity contribution < 1.29 is 20.6 Å². The lowest BCUT2D eigenvalue weighted by molar-refractivity contribution is -0.369. The van der Waals surface area contributed by atoms with Crippen molar-refractivity contribution in [1.82, 2.24) is 5.23 Å². The van der Waals surface area contributed by atoms with Gasteiger partial charge in [0, 0.05) is 6.42 Å². The largest absolute Gasteiger partial charge is 0.508 e. The molecule has 4 N–H and O–H groups in total. The molecule has 0 fully saturated rings. The second kappa shape index (κ2) is 4.20. The Bertz CT molecular complexity index is 259. The molecular weight excluding hydrogens is 174 g/mol. The lowest BCUT2D eigenvalue weighted by Gasteiger charge is -2.14. The van der Waals surface area contributed by atoms with E-state index in [1.165, 1.54) is 12.1 Å². The predicted octanol–water partition coefficient (Wildman–Crippen LogP) is 0.334. The van der Waals surface area contributed by atoms with Crippen molar-refractivity contribution in [3.63, 3.8) is 0 Å². The zero-order valence-corrected chi connectivity index (χ0v) is 6.83. The third-order valence-corrected chi connectivity index (χ3v) is 1.62. The predicted molar refractivity (Wildman–Crippen MR) is 43.2 cm³/mol. The van der Waals surface area contributed by atoms with Crippen molar-refractivity contribution >= 4 is 0 Å². The lowest BCUT2D eigenvalue weighted by Crippen LogP contribution is -2.30. The van der Waals surface area contributed by atoms with E-state index in [-0.39, 0.29) is 17.4 Å². The van der Waals surface area contributed by atoms with Crippen molar-refractivity contribution in [2.45, 2.75) is 12.6 Å². The Balaban J connectivity index is 2.59. The second-order valence-corrected chi connectivity index (χ2v) is 2.67. The van der Waals surface area contributed by atoms with Crippen LogP contribution in [0.25, 0.3) is 0 Å². The molecule has 0 saturated heterocycles. The van der Waals surface area contributed by atoms with Crippen LogP contribution in [0.2, 0.25) is 0 Å². The molecular formula is C8H11NO4. The van der Waals surface area contributed by atoms with Crippen LogP contribution in [0.1, 0.15) is 5.56 Å². The molecule has 0 aliphatic rings. The number of hydrogen-bond donors (Lipinski definition) is 4. The zero-order valence-electron chi connectivity index (χ0n) is 6.83. The number of nitrogens with zero attached hydrogens (tertiary/aromatic N) is 1. The molecule has 72 valence electrons. The number of phenols is 1. The molecule has 1 atom stereocenters. The van der Waals surface area contributed by atoms with Gasteiger partial charge in [-0.2, -0.15) is 0 Å². The van der Waals surface area contributed by atoms with Crippen LogP contribution >= 0.6 is 0 Å². The molecule has 1 unspecified atom stereocenters. The van der Waals surface area contributed by atoms with E-state index >= 15 is 0 Å². The summed E-state index contributed by atoms with van der Waals surface area (Å²) in [5.74, 6) is 0.128. The van der Waals surface area contributed by atoms with Crippen molar-refractivity contribution in [2.75, 3.05) is 0 Å². The minimum atomic E-state index is -1.36. The van der Waals surface area contributed by atoms with E-state index in [2.05, 4.69) is 0 Å². The third kappa shape index (κ3) is 3.00. The van der Waals surface area contributed by atoms with Gasteiger partial charge in [0.15, 0.2) is 6.23 Å². The highest BCUT2D eigenvalue weighted by molar-refractivity contribution is 5.26. The molecule has 0 aromatic heterocycles. The van der Waals surface area contributed by atoms with E-state index in [4.69, 9.17) is 20.6 Å². The molecule has 0 aliphatic carbocycles. The maximum atomic E-state index is 9.01. The van der Waals surface area contributed by atoms with Crippen molar-refractivity contribution in [2.24, 2.45) is 0 Å². The molecule has 0 amide bonds. The maximum Gasteiger partial charge on any atom is 0.160 e. The molecule has 0 heterocycles. The molecule has 0 radical (unpaired) electrons. The van der Waals surface area contributed by atoms with Crippen LogP contribution in [-0.4, -0.2) is 32.1 Å². The number of benzene rings is 1. The Morgan fingerprint density at radius 1 is 1.15 bits per heavy atom. The normalized spacial score (nSPS) is 13.2. The molecule has 1 aromatic carbocycles. The van der Waals surface area contributed by atoms with Gasteiger partial charge in [0.1, 0.15) is 5.75 Å². The third-order valence-electron chi connectivity index (χ3n) is 1.62. The Morgan fingerprint density at radius 3 is 2.15 bits per heavy atom. The van der Waals surface area contributed by atoms with Gasteiger partial charge in [-0.1, -0.05) is 12.1 Å². The topological polar surface area (TPSA) is 84.2 Å². The summed E-state index contributed by atoms with van der Waals surface area (Å²) < 4.78 is 0. The lowest BCUT2D eigenvalue weighted by atomic mass is 10.1. The molecule has 0 saturated carbocycles. The second-order valence-electron chi connectivity index (χ2n) is 2.67. The monoisotopic (exact) mass is 185 g/mol. The maximum absolute atomic E-state index is 9.01. The molecule has 5 heteroatoms. The molecule has 1 aromatic rings. The molecule has 1 rings (SSSR count). The van der Waals surface area contributed by atoms with Crippen LogP contribution in [0.5, 0.6) is 5.75 Å². The fourth-order valence-electron chi connectivity index (χ4n) is 0.924. The molecule has 13 heavy (non-hydrogen) atoms. The van der Waals surface area contributed by atoms with Gasteiger partial charge in [0.2, 0.25) is 0 Å². The smallest absolute Gasteiger partial charge is 0.160 e. The fourth-order valence-corrected chi connectivity index (χ4v) is 0.924. The van der Waals surface area contributed by atoms with E-state index in [0.29, 0.717) is 5.56 Å². The summed E-state index contributed by atoms with van der Waals surface area (Å²) in [7, 11) is 0. The number of aliphatic hydroxyl groups is 1. The van der Waals surface area contributed by atoms with E-state index in [9.17, 15) is 0 Å². The Hall–Kier alpha value is -1.14. The molecule has 0 aliphatic heterocycles. The van der Waals surface area contributed by atoms with Crippen molar-refractivity contribution in [3.05, 3.63) is 29.8 Å². The molecule has 5 nitrogen and oxygen atoms in total. The van der Waals surface area contributed by atoms with Gasteiger partial charge in [-0.05, 0) is 22.9 Å². The van der Waals surface area contributed by atoms with Crippen LogP contribution in [0.3, 0.4) is 0 Å². The first-order valence-corrected chi connectivity index (χ1v) is 3.72. The number of hydrogen-bond acceptors (Lipinski definition) is 5. The first-order chi connectivity index (χ1) is 6.09. The van der Waals surface area contributed by atoms with E-state index in [1.807, 2.05) is 0 Å². The van der Waals surface area contributed by atoms with Gasteiger partial charge in [-0.3, -0.25) is 10.4 Å². The van der Waals surface area contributed by atoms with Crippen LogP contribution in [0.15, 0.2) is 24.3 Å². The number of aliphatic hydroxyl groups excluding tert-OH is 1. The first kappa shape index (κ1) is 9.94. The summed E-state index contributed by atoms with van der Waals surface area (Å²) in [6.45, 7) is 0. The SMILES string of the molecule is Oc1ccc(CC(O)N(O)O)cc1. The van der Waals surface area contributed by atoms with Crippen molar-refractivity contribution in [3.8, 4) is 5.75 Å². The van der Waals surface area contributed by atoms with Gasteiger partial charge in [0.25, 0.3) is 0 Å². The minimum absolute atomic E-state index is 0.0767. The number of rotatable bonds is 3. The summed E-state index contributed by atoms with van der Waals surface area (Å²) in [6, 6.07) is 6.09. The summed E-state index contributed by atoms with van der Waals surface area (Å²) in [5.41, 5.74) is 0.693. The summed E-state index contributed by atoms with van der Waals surface area (Å²) in [5, 5.41) is 34.5. The van der Waals surface area contributed by atoms with Crippen LogP contribution in [0.4, 0.5) is 0 Å². The van der Waals surface area contributed by atoms with Gasteiger partial charge in [-0.15, -0.1) is 0 Å². The zero-order chi connectivity index (χ0) is 9.84. The highest BCUT2D eigenvalue weighted by Gasteiger charge is 2.10. The quantitative estimate of drug-likeness (QED) is 0.403. The van der Waals surface area contributed by atoms with Gasteiger partial charge in [0.05, 0.1) is 0 Å². The first-order valence-electron chi connectivity index (χ1n) is 3.72.